The van der Waals surface area contributed by atoms with Crippen molar-refractivity contribution in [2.24, 2.45) is 0 Å². The summed E-state index contributed by atoms with van der Waals surface area (Å²) in [7, 11) is -2.22. The minimum Gasteiger partial charge on any atom is -0.497 e. The maximum atomic E-state index is 13.5. The molecule has 0 N–H and O–H groups in total. The van der Waals surface area contributed by atoms with Crippen LogP contribution in [0.1, 0.15) is 16.7 Å². The van der Waals surface area contributed by atoms with Crippen molar-refractivity contribution in [2.45, 2.75) is 18.4 Å². The van der Waals surface area contributed by atoms with Crippen molar-refractivity contribution in [1.82, 2.24) is 0 Å². The maximum Gasteiger partial charge on any atom is 0.264 e. The number of benzene rings is 3. The van der Waals surface area contributed by atoms with Gasteiger partial charge in [0.15, 0.2) is 0 Å². The predicted octanol–water partition coefficient (Wildman–Crippen LogP) is 5.04. The Hall–Kier alpha value is -3.05. The van der Waals surface area contributed by atoms with Gasteiger partial charge in [-0.15, -0.1) is 0 Å². The second-order valence-corrected chi connectivity index (χ2v) is 8.29. The molecule has 3 rings (SSSR count). The van der Waals surface area contributed by atoms with Gasteiger partial charge >= 0.3 is 0 Å². The van der Waals surface area contributed by atoms with Crippen molar-refractivity contribution in [1.29, 1.82) is 0 Å². The van der Waals surface area contributed by atoms with Crippen molar-refractivity contribution in [3.63, 3.8) is 0 Å². The highest BCUT2D eigenvalue weighted by Crippen LogP contribution is 2.30. The van der Waals surface area contributed by atoms with Gasteiger partial charge in [0.2, 0.25) is 0 Å². The molecule has 0 bridgehead atoms. The highest BCUT2D eigenvalue weighted by atomic mass is 32.2. The summed E-state index contributed by atoms with van der Waals surface area (Å²) in [6.07, 6.45) is 1.75. The average Bonchev–Trinajstić information content (AvgIpc) is 2.73. The Labute approximate surface area is 166 Å². The van der Waals surface area contributed by atoms with Crippen LogP contribution in [0.3, 0.4) is 0 Å². The summed E-state index contributed by atoms with van der Waals surface area (Å²) >= 11 is 0. The van der Waals surface area contributed by atoms with Gasteiger partial charge in [-0.2, -0.15) is 0 Å². The SMILES string of the molecule is C=Cc1ccc(N(Cc2ccccc2)S(=O)(=O)c2ccc(OC)cc2)c(C)c1. The van der Waals surface area contributed by atoms with Crippen molar-refractivity contribution >= 4 is 21.8 Å². The molecule has 0 radical (unpaired) electrons. The molecule has 0 atom stereocenters. The Morgan fingerprint density at radius 1 is 1.00 bits per heavy atom. The lowest BCUT2D eigenvalue weighted by molar-refractivity contribution is 0.414. The van der Waals surface area contributed by atoms with Crippen LogP contribution in [0.5, 0.6) is 5.75 Å². The Morgan fingerprint density at radius 2 is 1.68 bits per heavy atom. The van der Waals surface area contributed by atoms with Gasteiger partial charge in [-0.3, -0.25) is 4.31 Å². The molecule has 0 aliphatic carbocycles. The molecule has 0 unspecified atom stereocenters. The van der Waals surface area contributed by atoms with E-state index in [1.54, 1.807) is 37.5 Å². The summed E-state index contributed by atoms with van der Waals surface area (Å²) in [5.74, 6) is 0.611. The van der Waals surface area contributed by atoms with E-state index in [0.717, 1.165) is 16.7 Å². The number of aryl methyl sites for hydroxylation is 1. The van der Waals surface area contributed by atoms with E-state index in [2.05, 4.69) is 6.58 Å². The molecular weight excluding hydrogens is 370 g/mol. The minimum atomic E-state index is -3.77. The third-order valence-electron chi connectivity index (χ3n) is 4.54. The van der Waals surface area contributed by atoms with Gasteiger partial charge < -0.3 is 4.74 Å². The summed E-state index contributed by atoms with van der Waals surface area (Å²) in [6.45, 7) is 5.93. The molecule has 0 amide bonds. The first-order valence-electron chi connectivity index (χ1n) is 8.89. The van der Waals surface area contributed by atoms with E-state index < -0.39 is 10.0 Å². The predicted molar refractivity (Wildman–Crippen MR) is 114 cm³/mol. The topological polar surface area (TPSA) is 46.6 Å². The number of sulfonamides is 1. The zero-order chi connectivity index (χ0) is 20.1. The molecule has 0 heterocycles. The van der Waals surface area contributed by atoms with Gasteiger partial charge in [0, 0.05) is 0 Å². The van der Waals surface area contributed by atoms with E-state index >= 15 is 0 Å². The fourth-order valence-electron chi connectivity index (χ4n) is 3.01. The Morgan fingerprint density at radius 3 is 2.25 bits per heavy atom. The standard InChI is InChI=1S/C23H23NO3S/c1-4-19-10-15-23(18(2)16-19)24(17-20-8-6-5-7-9-20)28(25,26)22-13-11-21(27-3)12-14-22/h4-16H,1,17H2,2-3H3. The molecule has 0 aromatic heterocycles. The van der Waals surface area contributed by atoms with Crippen LogP contribution in [0.4, 0.5) is 5.69 Å². The summed E-state index contributed by atoms with van der Waals surface area (Å²) in [4.78, 5) is 0.219. The van der Waals surface area contributed by atoms with E-state index in [4.69, 9.17) is 4.74 Å². The van der Waals surface area contributed by atoms with Crippen LogP contribution in [0, 0.1) is 6.92 Å². The fourth-order valence-corrected chi connectivity index (χ4v) is 4.53. The number of ether oxygens (including phenoxy) is 1. The molecule has 4 nitrogen and oxygen atoms in total. The molecule has 0 aliphatic heterocycles. The van der Waals surface area contributed by atoms with Crippen LogP contribution in [0.2, 0.25) is 0 Å². The van der Waals surface area contributed by atoms with E-state index in [1.807, 2.05) is 55.5 Å². The summed E-state index contributed by atoms with van der Waals surface area (Å²) in [5, 5.41) is 0. The van der Waals surface area contributed by atoms with Crippen molar-refractivity contribution in [3.05, 3.63) is 96.1 Å². The van der Waals surface area contributed by atoms with Crippen LogP contribution in [-0.2, 0) is 16.6 Å². The third kappa shape index (κ3) is 4.10. The lowest BCUT2D eigenvalue weighted by Gasteiger charge is -2.26. The summed E-state index contributed by atoms with van der Waals surface area (Å²) in [6, 6.07) is 21.6. The normalized spacial score (nSPS) is 11.1. The quantitative estimate of drug-likeness (QED) is 0.565. The van der Waals surface area contributed by atoms with Crippen LogP contribution in [0.15, 0.2) is 84.3 Å². The second-order valence-electron chi connectivity index (χ2n) is 6.42. The highest BCUT2D eigenvalue weighted by Gasteiger charge is 2.26. The van der Waals surface area contributed by atoms with Crippen molar-refractivity contribution in [2.75, 3.05) is 11.4 Å². The molecule has 0 aliphatic rings. The van der Waals surface area contributed by atoms with Crippen LogP contribution >= 0.6 is 0 Å². The third-order valence-corrected chi connectivity index (χ3v) is 6.32. The maximum absolute atomic E-state index is 13.5. The number of nitrogens with zero attached hydrogens (tertiary/aromatic N) is 1. The number of rotatable bonds is 7. The van der Waals surface area contributed by atoms with E-state index in [0.29, 0.717) is 11.4 Å². The van der Waals surface area contributed by atoms with E-state index in [1.165, 1.54) is 4.31 Å². The summed E-state index contributed by atoms with van der Waals surface area (Å²) in [5.41, 5.74) is 3.37. The van der Waals surface area contributed by atoms with Crippen molar-refractivity contribution in [3.8, 4) is 5.75 Å². The van der Waals surface area contributed by atoms with Crippen molar-refractivity contribution < 1.29 is 13.2 Å². The Balaban J connectivity index is 2.10. The zero-order valence-corrected chi connectivity index (χ0v) is 16.8. The molecule has 5 heteroatoms. The molecule has 3 aromatic carbocycles. The molecule has 0 spiro atoms. The zero-order valence-electron chi connectivity index (χ0n) is 16.0. The molecule has 28 heavy (non-hydrogen) atoms. The van der Waals surface area contributed by atoms with E-state index in [9.17, 15) is 8.42 Å². The average molecular weight is 394 g/mol. The van der Waals surface area contributed by atoms with Crippen LogP contribution in [-0.4, -0.2) is 15.5 Å². The highest BCUT2D eigenvalue weighted by molar-refractivity contribution is 7.92. The molecule has 0 saturated heterocycles. The number of methoxy groups -OCH3 is 1. The first-order chi connectivity index (χ1) is 13.5. The van der Waals surface area contributed by atoms with Gasteiger partial charge in [-0.1, -0.05) is 49.1 Å². The smallest absolute Gasteiger partial charge is 0.264 e. The minimum absolute atomic E-state index is 0.219. The first kappa shape index (κ1) is 19.7. The Kier molecular flexibility index (Phi) is 5.85. The second kappa shape index (κ2) is 8.31. The Bertz CT molecular complexity index is 1060. The molecular formula is C23H23NO3S. The first-order valence-corrected chi connectivity index (χ1v) is 10.3. The van der Waals surface area contributed by atoms with Gasteiger partial charge in [-0.25, -0.2) is 8.42 Å². The largest absolute Gasteiger partial charge is 0.497 e. The van der Waals surface area contributed by atoms with Gasteiger partial charge in [0.25, 0.3) is 10.0 Å². The lowest BCUT2D eigenvalue weighted by Crippen LogP contribution is -2.31. The number of hydrogen-bond acceptors (Lipinski definition) is 3. The molecule has 0 saturated carbocycles. The van der Waals surface area contributed by atoms with Gasteiger partial charge in [0.1, 0.15) is 5.75 Å². The van der Waals surface area contributed by atoms with E-state index in [-0.39, 0.29) is 11.4 Å². The summed E-state index contributed by atoms with van der Waals surface area (Å²) < 4.78 is 33.6. The molecule has 144 valence electrons. The van der Waals surface area contributed by atoms with Gasteiger partial charge in [-0.05, 0) is 60.0 Å². The lowest BCUT2D eigenvalue weighted by atomic mass is 10.1. The number of anilines is 1. The van der Waals surface area contributed by atoms with Gasteiger partial charge in [0.05, 0.1) is 24.2 Å². The fraction of sp³-hybridized carbons (Fsp3) is 0.130. The van der Waals surface area contributed by atoms with Crippen LogP contribution in [0.25, 0.3) is 6.08 Å². The van der Waals surface area contributed by atoms with Crippen LogP contribution < -0.4 is 9.04 Å². The molecule has 0 fully saturated rings. The number of hydrogen-bond donors (Lipinski definition) is 0. The monoisotopic (exact) mass is 393 g/mol. The molecule has 3 aromatic rings.